The van der Waals surface area contributed by atoms with Crippen LogP contribution >= 0.6 is 22.9 Å². The van der Waals surface area contributed by atoms with E-state index in [-0.39, 0.29) is 6.04 Å². The third kappa shape index (κ3) is 4.80. The number of furan rings is 1. The first-order valence-corrected chi connectivity index (χ1v) is 12.4. The van der Waals surface area contributed by atoms with Crippen LogP contribution in [0.5, 0.6) is 0 Å². The van der Waals surface area contributed by atoms with Crippen LogP contribution in [0.3, 0.4) is 0 Å². The molecule has 1 aromatic carbocycles. The molecule has 0 amide bonds. The van der Waals surface area contributed by atoms with E-state index in [1.54, 1.807) is 17.6 Å². The molecule has 1 saturated carbocycles. The zero-order chi connectivity index (χ0) is 21.8. The zero-order valence-electron chi connectivity index (χ0n) is 17.8. The largest absolute Gasteiger partial charge is 0.468 e. The second-order valence-electron chi connectivity index (χ2n) is 8.30. The fourth-order valence-electron chi connectivity index (χ4n) is 4.55. The standard InChI is InChI=1S/C24H26ClN5OS/c25-19-12-10-18(11-13-19)16-29(17-21-8-4-14-31-21)23(22-9-5-15-32-22)24-26-27-28-30(24)20-6-2-1-3-7-20/h4-5,8-15,20,23H,1-3,6-7,16-17H2/t23-/m1/s1. The summed E-state index contributed by atoms with van der Waals surface area (Å²) in [6, 6.07) is 16.5. The summed E-state index contributed by atoms with van der Waals surface area (Å²) in [7, 11) is 0. The molecule has 1 fully saturated rings. The summed E-state index contributed by atoms with van der Waals surface area (Å²) in [6.45, 7) is 1.37. The van der Waals surface area contributed by atoms with Crippen LogP contribution in [0.4, 0.5) is 0 Å². The minimum atomic E-state index is -0.0762. The van der Waals surface area contributed by atoms with Crippen LogP contribution in [0.1, 0.15) is 66.2 Å². The molecular weight excluding hydrogens is 442 g/mol. The Balaban J connectivity index is 1.54. The Labute approximate surface area is 196 Å². The first-order valence-electron chi connectivity index (χ1n) is 11.1. The van der Waals surface area contributed by atoms with Crippen molar-refractivity contribution in [3.63, 3.8) is 0 Å². The Morgan fingerprint density at radius 2 is 1.91 bits per heavy atom. The zero-order valence-corrected chi connectivity index (χ0v) is 19.4. The van der Waals surface area contributed by atoms with Gasteiger partial charge in [-0.25, -0.2) is 4.68 Å². The number of aromatic nitrogens is 4. The van der Waals surface area contributed by atoms with Gasteiger partial charge in [-0.2, -0.15) is 0 Å². The molecule has 0 bridgehead atoms. The monoisotopic (exact) mass is 467 g/mol. The van der Waals surface area contributed by atoms with Crippen LogP contribution in [0.25, 0.3) is 0 Å². The molecule has 8 heteroatoms. The van der Waals surface area contributed by atoms with Crippen LogP contribution < -0.4 is 0 Å². The van der Waals surface area contributed by atoms with Crippen LogP contribution in [-0.2, 0) is 13.1 Å². The first-order chi connectivity index (χ1) is 15.8. The first kappa shape index (κ1) is 21.4. The second kappa shape index (κ2) is 9.98. The molecule has 0 radical (unpaired) electrons. The Hall–Kier alpha value is -2.48. The topological polar surface area (TPSA) is 60.0 Å². The van der Waals surface area contributed by atoms with E-state index < -0.39 is 0 Å². The van der Waals surface area contributed by atoms with Crippen LogP contribution in [0.15, 0.2) is 64.6 Å². The number of benzene rings is 1. The van der Waals surface area contributed by atoms with Gasteiger partial charge in [0.1, 0.15) is 11.8 Å². The van der Waals surface area contributed by atoms with Gasteiger partial charge in [-0.05, 0) is 64.5 Å². The Morgan fingerprint density at radius 1 is 1.06 bits per heavy atom. The summed E-state index contributed by atoms with van der Waals surface area (Å²) < 4.78 is 7.82. The van der Waals surface area contributed by atoms with Crippen molar-refractivity contribution in [1.82, 2.24) is 25.1 Å². The molecule has 166 valence electrons. The quantitative estimate of drug-likeness (QED) is 0.305. The third-order valence-corrected chi connectivity index (χ3v) is 7.28. The molecule has 0 saturated heterocycles. The van der Waals surface area contributed by atoms with E-state index in [9.17, 15) is 0 Å². The third-order valence-electron chi connectivity index (χ3n) is 6.10. The minimum absolute atomic E-state index is 0.0762. The van der Waals surface area contributed by atoms with Gasteiger partial charge in [-0.3, -0.25) is 4.90 Å². The normalized spacial score (nSPS) is 15.9. The fourth-order valence-corrected chi connectivity index (χ4v) is 5.53. The van der Waals surface area contributed by atoms with Gasteiger partial charge in [0.05, 0.1) is 18.8 Å². The lowest BCUT2D eigenvalue weighted by atomic mass is 9.95. The summed E-state index contributed by atoms with van der Waals surface area (Å²) in [5.41, 5.74) is 1.18. The van der Waals surface area contributed by atoms with Crippen LogP contribution in [-0.4, -0.2) is 25.1 Å². The molecule has 4 aromatic rings. The molecule has 3 heterocycles. The number of thiophene rings is 1. The van der Waals surface area contributed by atoms with Crippen molar-refractivity contribution in [1.29, 1.82) is 0 Å². The van der Waals surface area contributed by atoms with Gasteiger partial charge in [0, 0.05) is 16.4 Å². The van der Waals surface area contributed by atoms with Crippen molar-refractivity contribution in [3.05, 3.63) is 87.2 Å². The lowest BCUT2D eigenvalue weighted by Gasteiger charge is -2.31. The van der Waals surface area contributed by atoms with E-state index in [1.807, 2.05) is 24.3 Å². The number of hydrogen-bond donors (Lipinski definition) is 0. The van der Waals surface area contributed by atoms with Crippen molar-refractivity contribution in [2.24, 2.45) is 0 Å². The highest BCUT2D eigenvalue weighted by Gasteiger charge is 2.32. The van der Waals surface area contributed by atoms with Crippen LogP contribution in [0.2, 0.25) is 5.02 Å². The molecule has 6 nitrogen and oxygen atoms in total. The lowest BCUT2D eigenvalue weighted by Crippen LogP contribution is -2.32. The van der Waals surface area contributed by atoms with Gasteiger partial charge in [-0.15, -0.1) is 16.4 Å². The van der Waals surface area contributed by atoms with Crippen LogP contribution in [0, 0.1) is 0 Å². The molecule has 32 heavy (non-hydrogen) atoms. The van der Waals surface area contributed by atoms with Gasteiger partial charge < -0.3 is 4.42 Å². The minimum Gasteiger partial charge on any atom is -0.468 e. The summed E-state index contributed by atoms with van der Waals surface area (Å²) in [6.07, 6.45) is 7.74. The molecule has 1 atom stereocenters. The number of tetrazole rings is 1. The molecule has 0 N–H and O–H groups in total. The highest BCUT2D eigenvalue weighted by Crippen LogP contribution is 2.36. The van der Waals surface area contributed by atoms with Gasteiger partial charge in [0.25, 0.3) is 0 Å². The highest BCUT2D eigenvalue weighted by molar-refractivity contribution is 7.10. The average Bonchev–Trinajstić information content (AvgIpc) is 3.60. The van der Waals surface area contributed by atoms with Crippen molar-refractivity contribution in [2.45, 2.75) is 57.3 Å². The maximum atomic E-state index is 6.14. The molecule has 0 spiro atoms. The van der Waals surface area contributed by atoms with Crippen molar-refractivity contribution in [2.75, 3.05) is 0 Å². The predicted molar refractivity (Wildman–Crippen MR) is 126 cm³/mol. The molecule has 3 aromatic heterocycles. The molecule has 1 aliphatic carbocycles. The second-order valence-corrected chi connectivity index (χ2v) is 9.72. The Kier molecular flexibility index (Phi) is 6.67. The average molecular weight is 468 g/mol. The van der Waals surface area contributed by atoms with E-state index in [1.165, 1.54) is 29.7 Å². The van der Waals surface area contributed by atoms with E-state index in [2.05, 4.69) is 54.8 Å². The van der Waals surface area contributed by atoms with Crippen molar-refractivity contribution in [3.8, 4) is 0 Å². The molecule has 5 rings (SSSR count). The predicted octanol–water partition coefficient (Wildman–Crippen LogP) is 6.28. The number of rotatable bonds is 8. The smallest absolute Gasteiger partial charge is 0.174 e. The molecule has 0 aliphatic heterocycles. The van der Waals surface area contributed by atoms with Crippen molar-refractivity contribution < 1.29 is 4.42 Å². The van der Waals surface area contributed by atoms with Crippen molar-refractivity contribution >= 4 is 22.9 Å². The molecule has 1 aliphatic rings. The molecular formula is C24H26ClN5OS. The van der Waals surface area contributed by atoms with E-state index >= 15 is 0 Å². The van der Waals surface area contributed by atoms with E-state index in [0.29, 0.717) is 12.6 Å². The van der Waals surface area contributed by atoms with E-state index in [4.69, 9.17) is 16.0 Å². The highest BCUT2D eigenvalue weighted by atomic mass is 35.5. The van der Waals surface area contributed by atoms with E-state index in [0.717, 1.165) is 36.0 Å². The summed E-state index contributed by atoms with van der Waals surface area (Å²) >= 11 is 7.87. The number of hydrogen-bond acceptors (Lipinski definition) is 6. The maximum absolute atomic E-state index is 6.14. The maximum Gasteiger partial charge on any atom is 0.174 e. The number of nitrogens with zero attached hydrogens (tertiary/aromatic N) is 5. The molecule has 0 unspecified atom stereocenters. The van der Waals surface area contributed by atoms with Gasteiger partial charge >= 0.3 is 0 Å². The van der Waals surface area contributed by atoms with Gasteiger partial charge in [0.15, 0.2) is 5.82 Å². The Bertz CT molecular complexity index is 1090. The fraction of sp³-hybridized carbons (Fsp3) is 0.375. The Morgan fingerprint density at radius 3 is 2.62 bits per heavy atom. The number of halogens is 1. The van der Waals surface area contributed by atoms with Gasteiger partial charge in [-0.1, -0.05) is 49.1 Å². The van der Waals surface area contributed by atoms with Gasteiger partial charge in [0.2, 0.25) is 0 Å². The summed E-state index contributed by atoms with van der Waals surface area (Å²) in [5.74, 6) is 1.82. The summed E-state index contributed by atoms with van der Waals surface area (Å²) in [5, 5.41) is 16.0. The SMILES string of the molecule is Clc1ccc(CN(Cc2ccco2)[C@H](c2cccs2)c2nnnn2C2CCCCC2)cc1. The lowest BCUT2D eigenvalue weighted by molar-refractivity contribution is 0.176. The summed E-state index contributed by atoms with van der Waals surface area (Å²) in [4.78, 5) is 3.61.